The van der Waals surface area contributed by atoms with Crippen molar-refractivity contribution < 1.29 is 4.79 Å². The Bertz CT molecular complexity index is 699. The maximum Gasteiger partial charge on any atom is 0.180 e. The van der Waals surface area contributed by atoms with E-state index >= 15 is 0 Å². The van der Waals surface area contributed by atoms with Crippen LogP contribution in [0.25, 0.3) is 0 Å². The first kappa shape index (κ1) is 14.6. The SMILES string of the molecule is CNC1CC(c2ccc(Cl)c(Cl)c2)c2ccccc2C1=O. The lowest BCUT2D eigenvalue weighted by molar-refractivity contribution is 0.0928. The average molecular weight is 320 g/mol. The summed E-state index contributed by atoms with van der Waals surface area (Å²) in [6.07, 6.45) is 0.726. The second-order valence-electron chi connectivity index (χ2n) is 5.25. The van der Waals surface area contributed by atoms with E-state index in [0.29, 0.717) is 10.0 Å². The van der Waals surface area contributed by atoms with Crippen LogP contribution in [-0.4, -0.2) is 18.9 Å². The molecule has 1 aliphatic carbocycles. The fourth-order valence-corrected chi connectivity index (χ4v) is 3.28. The molecule has 0 saturated carbocycles. The first-order valence-corrected chi connectivity index (χ1v) is 7.62. The van der Waals surface area contributed by atoms with Crippen molar-refractivity contribution in [2.24, 2.45) is 0 Å². The Labute approximate surface area is 134 Å². The van der Waals surface area contributed by atoms with Gasteiger partial charge < -0.3 is 5.32 Å². The topological polar surface area (TPSA) is 29.1 Å². The van der Waals surface area contributed by atoms with Crippen LogP contribution in [0.1, 0.15) is 33.8 Å². The number of ketones is 1. The first-order valence-electron chi connectivity index (χ1n) is 6.87. The van der Waals surface area contributed by atoms with Gasteiger partial charge in [-0.3, -0.25) is 4.79 Å². The van der Waals surface area contributed by atoms with Crippen LogP contribution in [0.3, 0.4) is 0 Å². The molecule has 2 aromatic rings. The summed E-state index contributed by atoms with van der Waals surface area (Å²) in [6.45, 7) is 0. The second kappa shape index (κ2) is 5.80. The molecule has 0 heterocycles. The maximum atomic E-state index is 12.4. The summed E-state index contributed by atoms with van der Waals surface area (Å²) in [4.78, 5) is 12.4. The van der Waals surface area contributed by atoms with E-state index in [0.717, 1.165) is 23.1 Å². The average Bonchev–Trinajstić information content (AvgIpc) is 2.51. The minimum absolute atomic E-state index is 0.145. The molecule has 0 saturated heterocycles. The van der Waals surface area contributed by atoms with Crippen molar-refractivity contribution in [3.05, 3.63) is 69.2 Å². The minimum Gasteiger partial charge on any atom is -0.310 e. The third-order valence-corrected chi connectivity index (χ3v) is 4.82. The molecule has 0 fully saturated rings. The predicted octanol–water partition coefficient (Wildman–Crippen LogP) is 4.30. The largest absolute Gasteiger partial charge is 0.310 e. The van der Waals surface area contributed by atoms with E-state index in [9.17, 15) is 4.79 Å². The summed E-state index contributed by atoms with van der Waals surface area (Å²) in [6, 6.07) is 13.3. The Morgan fingerprint density at radius 2 is 1.86 bits per heavy atom. The number of nitrogens with one attached hydrogen (secondary N) is 1. The van der Waals surface area contributed by atoms with E-state index in [1.807, 2.05) is 49.5 Å². The molecule has 2 aromatic carbocycles. The molecule has 2 atom stereocenters. The number of halogens is 2. The Morgan fingerprint density at radius 3 is 2.57 bits per heavy atom. The van der Waals surface area contributed by atoms with Gasteiger partial charge in [0.15, 0.2) is 5.78 Å². The lowest BCUT2D eigenvalue weighted by Gasteiger charge is -2.30. The van der Waals surface area contributed by atoms with Crippen molar-refractivity contribution in [3.63, 3.8) is 0 Å². The summed E-state index contributed by atoms with van der Waals surface area (Å²) < 4.78 is 0. The molecule has 2 nitrogen and oxygen atoms in total. The first-order chi connectivity index (χ1) is 10.1. The molecule has 1 aliphatic rings. The lowest BCUT2D eigenvalue weighted by Crippen LogP contribution is -2.39. The molecule has 0 bridgehead atoms. The van der Waals surface area contributed by atoms with Crippen LogP contribution in [0.4, 0.5) is 0 Å². The van der Waals surface area contributed by atoms with Crippen molar-refractivity contribution in [2.45, 2.75) is 18.4 Å². The van der Waals surface area contributed by atoms with Gasteiger partial charge in [-0.25, -0.2) is 0 Å². The molecule has 4 heteroatoms. The van der Waals surface area contributed by atoms with Gasteiger partial charge >= 0.3 is 0 Å². The zero-order valence-electron chi connectivity index (χ0n) is 11.6. The van der Waals surface area contributed by atoms with Crippen LogP contribution in [0.15, 0.2) is 42.5 Å². The summed E-state index contributed by atoms with van der Waals surface area (Å²) in [5.41, 5.74) is 2.94. The maximum absolute atomic E-state index is 12.4. The van der Waals surface area contributed by atoms with Gasteiger partial charge in [0.25, 0.3) is 0 Å². The summed E-state index contributed by atoms with van der Waals surface area (Å²) in [7, 11) is 1.82. The molecule has 0 amide bonds. The van der Waals surface area contributed by atoms with E-state index in [-0.39, 0.29) is 17.7 Å². The van der Waals surface area contributed by atoms with Gasteiger partial charge in [0.1, 0.15) is 0 Å². The number of rotatable bonds is 2. The third-order valence-electron chi connectivity index (χ3n) is 4.08. The second-order valence-corrected chi connectivity index (χ2v) is 6.07. The van der Waals surface area contributed by atoms with Crippen molar-refractivity contribution in [1.29, 1.82) is 0 Å². The van der Waals surface area contributed by atoms with E-state index in [2.05, 4.69) is 5.32 Å². The molecular weight excluding hydrogens is 305 g/mol. The van der Waals surface area contributed by atoms with E-state index in [1.165, 1.54) is 0 Å². The predicted molar refractivity (Wildman–Crippen MR) is 86.5 cm³/mol. The van der Waals surface area contributed by atoms with Gasteiger partial charge in [-0.2, -0.15) is 0 Å². The molecule has 3 rings (SSSR count). The smallest absolute Gasteiger partial charge is 0.180 e. The molecule has 0 aromatic heterocycles. The molecule has 0 radical (unpaired) electrons. The van der Waals surface area contributed by atoms with Crippen molar-refractivity contribution in [1.82, 2.24) is 5.32 Å². The normalized spacial score (nSPS) is 21.2. The monoisotopic (exact) mass is 319 g/mol. The van der Waals surface area contributed by atoms with Crippen molar-refractivity contribution in [2.75, 3.05) is 7.05 Å². The lowest BCUT2D eigenvalue weighted by atomic mass is 9.76. The number of likely N-dealkylation sites (N-methyl/N-ethyl adjacent to an activating group) is 1. The minimum atomic E-state index is -0.167. The van der Waals surface area contributed by atoms with Gasteiger partial charge in [0.2, 0.25) is 0 Å². The fraction of sp³-hybridized carbons (Fsp3) is 0.235. The number of hydrogen-bond donors (Lipinski definition) is 1. The molecule has 108 valence electrons. The number of benzene rings is 2. The van der Waals surface area contributed by atoms with Crippen LogP contribution in [0, 0.1) is 0 Å². The van der Waals surface area contributed by atoms with E-state index in [4.69, 9.17) is 23.2 Å². The molecule has 2 unspecified atom stereocenters. The number of carbonyl (C=O) groups excluding carboxylic acids is 1. The van der Waals surface area contributed by atoms with Gasteiger partial charge in [-0.05, 0) is 36.7 Å². The van der Waals surface area contributed by atoms with Crippen LogP contribution >= 0.6 is 23.2 Å². The van der Waals surface area contributed by atoms with Gasteiger partial charge in [0.05, 0.1) is 16.1 Å². The van der Waals surface area contributed by atoms with Crippen molar-refractivity contribution in [3.8, 4) is 0 Å². The van der Waals surface area contributed by atoms with Crippen molar-refractivity contribution >= 4 is 29.0 Å². The highest BCUT2D eigenvalue weighted by atomic mass is 35.5. The molecule has 1 N–H and O–H groups in total. The summed E-state index contributed by atoms with van der Waals surface area (Å²) in [5.74, 6) is 0.301. The number of Topliss-reactive ketones (excluding diaryl/α,β-unsaturated/α-hetero) is 1. The number of carbonyl (C=O) groups is 1. The number of hydrogen-bond acceptors (Lipinski definition) is 2. The Kier molecular flexibility index (Phi) is 4.03. The van der Waals surface area contributed by atoms with E-state index in [1.54, 1.807) is 0 Å². The molecule has 21 heavy (non-hydrogen) atoms. The Balaban J connectivity index is 2.11. The van der Waals surface area contributed by atoms with Gasteiger partial charge in [-0.1, -0.05) is 53.5 Å². The van der Waals surface area contributed by atoms with Gasteiger partial charge in [0, 0.05) is 11.5 Å². The highest BCUT2D eigenvalue weighted by molar-refractivity contribution is 6.42. The third kappa shape index (κ3) is 2.59. The highest BCUT2D eigenvalue weighted by Gasteiger charge is 2.33. The highest BCUT2D eigenvalue weighted by Crippen LogP contribution is 2.38. The molecule has 0 aliphatic heterocycles. The van der Waals surface area contributed by atoms with Crippen LogP contribution in [0.5, 0.6) is 0 Å². The van der Waals surface area contributed by atoms with Crippen LogP contribution < -0.4 is 5.32 Å². The quantitative estimate of drug-likeness (QED) is 0.894. The molecular formula is C17H15Cl2NO. The number of fused-ring (bicyclic) bond motifs is 1. The van der Waals surface area contributed by atoms with Gasteiger partial charge in [-0.15, -0.1) is 0 Å². The molecule has 0 spiro atoms. The Morgan fingerprint density at radius 1 is 1.10 bits per heavy atom. The zero-order chi connectivity index (χ0) is 15.0. The summed E-state index contributed by atoms with van der Waals surface area (Å²) in [5, 5.41) is 4.20. The summed E-state index contributed by atoms with van der Waals surface area (Å²) >= 11 is 12.1. The Hall–Kier alpha value is -1.35. The van der Waals surface area contributed by atoms with Crippen LogP contribution in [-0.2, 0) is 0 Å². The zero-order valence-corrected chi connectivity index (χ0v) is 13.1. The van der Waals surface area contributed by atoms with E-state index < -0.39 is 0 Å². The van der Waals surface area contributed by atoms with Crippen LogP contribution in [0.2, 0.25) is 10.0 Å². The fourth-order valence-electron chi connectivity index (χ4n) is 2.98. The standard InChI is InChI=1S/C17H15Cl2NO/c1-20-16-9-13(10-6-7-14(18)15(19)8-10)11-4-2-3-5-12(11)17(16)21/h2-8,13,16,20H,9H2,1H3.